The van der Waals surface area contributed by atoms with Crippen LogP contribution in [0.1, 0.15) is 55.8 Å². The van der Waals surface area contributed by atoms with Gasteiger partial charge in [0.15, 0.2) is 10.9 Å². The Bertz CT molecular complexity index is 1660. The number of halogens is 4. The summed E-state index contributed by atoms with van der Waals surface area (Å²) in [6, 6.07) is 8.50. The molecule has 3 unspecified atom stereocenters. The van der Waals surface area contributed by atoms with E-state index in [0.717, 1.165) is 31.7 Å². The molecule has 222 valence electrons. The standard InChI is InChI=1S/C28H25F4N3O5S2.Na/c29-21-11-18(42(36)37)12-23-25(21)33-27(41-23)35-15-7-8-16(35)10-17(9-15)38-13-20-24(34-40-26(20)14-5-6-14)19-3-1-2-4-22(19)39-28(30,31)32;/h1-4,11-12,14-17H,5-10,13H2,(H,36,37);/q;+1/p-1. The number of piperidine rings is 1. The van der Waals surface area contributed by atoms with Crippen LogP contribution in [0.5, 0.6) is 5.75 Å². The first-order chi connectivity index (χ1) is 20.1. The molecule has 0 amide bonds. The minimum atomic E-state index is -4.85. The molecule has 4 aromatic rings. The number of hydrogen-bond donors (Lipinski definition) is 0. The molecule has 2 bridgehead atoms. The van der Waals surface area contributed by atoms with E-state index in [9.17, 15) is 26.3 Å². The van der Waals surface area contributed by atoms with E-state index in [1.807, 2.05) is 0 Å². The number of aromatic nitrogens is 2. The van der Waals surface area contributed by atoms with Gasteiger partial charge in [0.2, 0.25) is 0 Å². The maximum Gasteiger partial charge on any atom is 1.00 e. The number of hydrogen-bond acceptors (Lipinski definition) is 9. The largest absolute Gasteiger partial charge is 1.00 e. The van der Waals surface area contributed by atoms with Gasteiger partial charge < -0.3 is 23.4 Å². The number of anilines is 1. The molecule has 3 aliphatic rings. The van der Waals surface area contributed by atoms with E-state index in [1.54, 1.807) is 6.07 Å². The first-order valence-electron chi connectivity index (χ1n) is 13.6. The van der Waals surface area contributed by atoms with Crippen molar-refractivity contribution in [2.24, 2.45) is 0 Å². The Labute approximate surface area is 272 Å². The molecule has 0 N–H and O–H groups in total. The van der Waals surface area contributed by atoms with Gasteiger partial charge in [0, 0.05) is 34.0 Å². The summed E-state index contributed by atoms with van der Waals surface area (Å²) in [4.78, 5) is 6.60. The molecule has 8 nitrogen and oxygen atoms in total. The summed E-state index contributed by atoms with van der Waals surface area (Å²) >= 11 is -1.27. The summed E-state index contributed by atoms with van der Waals surface area (Å²) in [6.45, 7) is 0.136. The molecule has 0 radical (unpaired) electrons. The molecule has 2 aromatic heterocycles. The van der Waals surface area contributed by atoms with Gasteiger partial charge in [0.05, 0.1) is 17.4 Å². The van der Waals surface area contributed by atoms with Crippen LogP contribution in [0, 0.1) is 5.82 Å². The van der Waals surface area contributed by atoms with Crippen molar-refractivity contribution >= 4 is 37.8 Å². The average Bonchev–Trinajstić information content (AvgIpc) is 3.45. The summed E-state index contributed by atoms with van der Waals surface area (Å²) in [7, 11) is 0. The second kappa shape index (κ2) is 12.0. The van der Waals surface area contributed by atoms with Gasteiger partial charge in [-0.05, 0) is 73.9 Å². The van der Waals surface area contributed by atoms with E-state index >= 15 is 0 Å². The van der Waals surface area contributed by atoms with Gasteiger partial charge >= 0.3 is 35.9 Å². The SMILES string of the molecule is O=S([O-])c1cc(F)c2nc(N3C4CCC3CC(OCc3c(-c5ccccc5OC(F)(F)F)noc3C3CC3)C4)sc2c1.[Na+]. The van der Waals surface area contributed by atoms with Crippen molar-refractivity contribution in [3.63, 3.8) is 0 Å². The first-order valence-corrected chi connectivity index (χ1v) is 15.5. The van der Waals surface area contributed by atoms with Crippen LogP contribution in [0.25, 0.3) is 21.5 Å². The Hall–Kier alpha value is -2.07. The van der Waals surface area contributed by atoms with Gasteiger partial charge in [0.1, 0.15) is 22.7 Å². The smallest absolute Gasteiger partial charge is 0.768 e. The predicted molar refractivity (Wildman–Crippen MR) is 144 cm³/mol. The van der Waals surface area contributed by atoms with Crippen LogP contribution in [0.3, 0.4) is 0 Å². The van der Waals surface area contributed by atoms with Crippen LogP contribution in [-0.2, 0) is 22.4 Å². The quantitative estimate of drug-likeness (QED) is 0.162. The van der Waals surface area contributed by atoms with Crippen molar-refractivity contribution in [1.82, 2.24) is 10.1 Å². The van der Waals surface area contributed by atoms with Crippen LogP contribution in [0.2, 0.25) is 0 Å². The molecule has 2 saturated heterocycles. The summed E-state index contributed by atoms with van der Waals surface area (Å²) < 4.78 is 93.4. The summed E-state index contributed by atoms with van der Waals surface area (Å²) in [5.74, 6) is -0.216. The molecule has 0 spiro atoms. The van der Waals surface area contributed by atoms with Crippen molar-refractivity contribution < 1.29 is 69.9 Å². The third kappa shape index (κ3) is 6.24. The average molecular weight is 646 g/mol. The fraction of sp³-hybridized carbons (Fsp3) is 0.429. The van der Waals surface area contributed by atoms with Crippen molar-refractivity contribution in [1.29, 1.82) is 0 Å². The fourth-order valence-corrected chi connectivity index (χ4v) is 7.80. The molecule has 7 rings (SSSR count). The van der Waals surface area contributed by atoms with E-state index in [-0.39, 0.29) is 87.7 Å². The number of para-hydroxylation sites is 1. The van der Waals surface area contributed by atoms with Gasteiger partial charge in [-0.2, -0.15) is 0 Å². The Morgan fingerprint density at radius 3 is 2.51 bits per heavy atom. The van der Waals surface area contributed by atoms with Gasteiger partial charge in [-0.3, -0.25) is 4.21 Å². The molecule has 2 aromatic carbocycles. The monoisotopic (exact) mass is 645 g/mol. The number of nitrogens with zero attached hydrogens (tertiary/aromatic N) is 3. The van der Waals surface area contributed by atoms with Crippen LogP contribution in [-0.4, -0.2) is 43.5 Å². The van der Waals surface area contributed by atoms with E-state index < -0.39 is 23.3 Å². The third-order valence-electron chi connectivity index (χ3n) is 8.11. The molecule has 1 saturated carbocycles. The Morgan fingerprint density at radius 1 is 1.12 bits per heavy atom. The number of thiazole rings is 1. The molecular formula is C28H24F4N3NaO5S2. The molecule has 2 aliphatic heterocycles. The second-order valence-corrected chi connectivity index (χ2v) is 12.8. The second-order valence-electron chi connectivity index (χ2n) is 10.9. The van der Waals surface area contributed by atoms with Gasteiger partial charge in [-0.15, -0.1) is 13.2 Å². The molecule has 4 heterocycles. The van der Waals surface area contributed by atoms with Crippen LogP contribution < -0.4 is 39.2 Å². The molecule has 15 heteroatoms. The van der Waals surface area contributed by atoms with E-state index in [0.29, 0.717) is 34.0 Å². The molecule has 1 aliphatic carbocycles. The number of fused-ring (bicyclic) bond motifs is 3. The number of alkyl halides is 3. The summed E-state index contributed by atoms with van der Waals surface area (Å²) in [5, 5.41) is 4.81. The molecule has 43 heavy (non-hydrogen) atoms. The molecule has 3 atom stereocenters. The minimum Gasteiger partial charge on any atom is -0.768 e. The zero-order valence-electron chi connectivity index (χ0n) is 22.9. The predicted octanol–water partition coefficient (Wildman–Crippen LogP) is 3.83. The Balaban J connectivity index is 0.00000329. The van der Waals surface area contributed by atoms with Crippen molar-refractivity contribution in [2.75, 3.05) is 4.90 Å². The van der Waals surface area contributed by atoms with Crippen LogP contribution >= 0.6 is 11.3 Å². The molecular weight excluding hydrogens is 621 g/mol. The maximum atomic E-state index is 14.6. The van der Waals surface area contributed by atoms with Crippen LogP contribution in [0.15, 0.2) is 45.8 Å². The zero-order valence-corrected chi connectivity index (χ0v) is 26.6. The van der Waals surface area contributed by atoms with Crippen molar-refractivity contribution in [3.8, 4) is 17.0 Å². The Morgan fingerprint density at radius 2 is 1.84 bits per heavy atom. The first kappa shape index (κ1) is 30.9. The topological polar surface area (TPSA) is 101 Å². The minimum absolute atomic E-state index is 0. The third-order valence-corrected chi connectivity index (χ3v) is 9.75. The van der Waals surface area contributed by atoms with Gasteiger partial charge in [-0.1, -0.05) is 28.6 Å². The number of ether oxygens (including phenoxy) is 2. The number of benzene rings is 2. The van der Waals surface area contributed by atoms with Crippen LogP contribution in [0.4, 0.5) is 22.7 Å². The summed E-state index contributed by atoms with van der Waals surface area (Å²) in [6.07, 6.45) is 0.0698. The molecule has 3 fully saturated rings. The van der Waals surface area contributed by atoms with E-state index in [4.69, 9.17) is 9.26 Å². The summed E-state index contributed by atoms with van der Waals surface area (Å²) in [5.41, 5.74) is 1.26. The van der Waals surface area contributed by atoms with Gasteiger partial charge in [-0.25, -0.2) is 9.37 Å². The Kier molecular flexibility index (Phi) is 8.65. The fourth-order valence-electron chi connectivity index (χ4n) is 6.15. The van der Waals surface area contributed by atoms with Gasteiger partial charge in [0.25, 0.3) is 0 Å². The maximum absolute atomic E-state index is 14.6. The zero-order chi connectivity index (χ0) is 29.2. The normalized spacial score (nSPS) is 22.5. The van der Waals surface area contributed by atoms with Crippen molar-refractivity contribution in [3.05, 3.63) is 53.5 Å². The van der Waals surface area contributed by atoms with E-state index in [1.165, 1.54) is 35.6 Å². The van der Waals surface area contributed by atoms with E-state index in [2.05, 4.69) is 19.8 Å². The number of rotatable bonds is 8. The van der Waals surface area contributed by atoms with Crippen molar-refractivity contribution in [2.45, 2.75) is 80.5 Å².